The van der Waals surface area contributed by atoms with Gasteiger partial charge in [-0.05, 0) is 49.6 Å². The van der Waals surface area contributed by atoms with Gasteiger partial charge in [-0.15, -0.1) is 0 Å². The van der Waals surface area contributed by atoms with Gasteiger partial charge >= 0.3 is 0 Å². The normalized spacial score (nSPS) is 20.5. The van der Waals surface area contributed by atoms with Crippen LogP contribution < -0.4 is 10.1 Å². The minimum atomic E-state index is -0.321. The van der Waals surface area contributed by atoms with Crippen LogP contribution in [-0.4, -0.2) is 36.0 Å². The second-order valence-electron chi connectivity index (χ2n) is 6.84. The summed E-state index contributed by atoms with van der Waals surface area (Å²) in [5.74, 6) is 0.0358. The fourth-order valence-electron chi connectivity index (χ4n) is 3.35. The molecule has 1 saturated heterocycles. The minimum absolute atomic E-state index is 0.0513. The van der Waals surface area contributed by atoms with Crippen LogP contribution in [0.25, 0.3) is 0 Å². The molecule has 138 valence electrons. The molecule has 5 heteroatoms. The Morgan fingerprint density at radius 3 is 2.62 bits per heavy atom. The summed E-state index contributed by atoms with van der Waals surface area (Å²) in [4.78, 5) is 14.6. The van der Waals surface area contributed by atoms with E-state index in [-0.39, 0.29) is 24.4 Å². The number of nitrogens with one attached hydrogen (secondary N) is 1. The van der Waals surface area contributed by atoms with E-state index in [4.69, 9.17) is 4.74 Å². The molecule has 0 radical (unpaired) electrons. The van der Waals surface area contributed by atoms with Crippen LogP contribution in [0.1, 0.15) is 25.3 Å². The molecule has 1 N–H and O–H groups in total. The number of nitrogens with zero attached hydrogens (tertiary/aromatic N) is 1. The van der Waals surface area contributed by atoms with E-state index < -0.39 is 0 Å². The summed E-state index contributed by atoms with van der Waals surface area (Å²) in [5, 5.41) is 3.05. The third-order valence-corrected chi connectivity index (χ3v) is 4.79. The number of amides is 1. The van der Waals surface area contributed by atoms with Crippen molar-refractivity contribution < 1.29 is 13.9 Å². The van der Waals surface area contributed by atoms with Gasteiger partial charge in [-0.3, -0.25) is 9.69 Å². The minimum Gasteiger partial charge on any atom is -0.484 e. The van der Waals surface area contributed by atoms with Crippen molar-refractivity contribution in [1.29, 1.82) is 0 Å². The van der Waals surface area contributed by atoms with E-state index in [0.29, 0.717) is 11.8 Å². The second kappa shape index (κ2) is 8.81. The SMILES string of the molecule is C[C@@H]1C[C@H](NC(=O)COc2ccc(F)cc2)CCN1Cc1ccccc1. The van der Waals surface area contributed by atoms with Crippen LogP contribution >= 0.6 is 0 Å². The molecule has 0 bridgehead atoms. The first-order chi connectivity index (χ1) is 12.6. The number of benzene rings is 2. The van der Waals surface area contributed by atoms with Gasteiger partial charge in [-0.1, -0.05) is 30.3 Å². The lowest BCUT2D eigenvalue weighted by atomic mass is 9.97. The first kappa shape index (κ1) is 18.4. The first-order valence-electron chi connectivity index (χ1n) is 9.06. The molecule has 2 atom stereocenters. The number of hydrogen-bond acceptors (Lipinski definition) is 3. The predicted molar refractivity (Wildman–Crippen MR) is 99.4 cm³/mol. The summed E-state index contributed by atoms with van der Waals surface area (Å²) in [5.41, 5.74) is 1.31. The van der Waals surface area contributed by atoms with Gasteiger partial charge in [-0.2, -0.15) is 0 Å². The van der Waals surface area contributed by atoms with Gasteiger partial charge in [0.15, 0.2) is 6.61 Å². The van der Waals surface area contributed by atoms with Crippen LogP contribution in [0.4, 0.5) is 4.39 Å². The first-order valence-corrected chi connectivity index (χ1v) is 9.06. The molecule has 3 rings (SSSR count). The average molecular weight is 356 g/mol. The molecule has 4 nitrogen and oxygen atoms in total. The molecule has 1 aliphatic rings. The van der Waals surface area contributed by atoms with Crippen molar-refractivity contribution in [1.82, 2.24) is 10.2 Å². The van der Waals surface area contributed by atoms with Crippen LogP contribution in [-0.2, 0) is 11.3 Å². The van der Waals surface area contributed by atoms with Gasteiger partial charge in [0.05, 0.1) is 0 Å². The van der Waals surface area contributed by atoms with Crippen LogP contribution in [0.5, 0.6) is 5.75 Å². The molecular formula is C21H25FN2O2. The molecule has 0 aromatic heterocycles. The van der Waals surface area contributed by atoms with Gasteiger partial charge in [0.2, 0.25) is 0 Å². The number of rotatable bonds is 6. The van der Waals surface area contributed by atoms with Gasteiger partial charge in [-0.25, -0.2) is 4.39 Å². The molecule has 1 fully saturated rings. The van der Waals surface area contributed by atoms with E-state index >= 15 is 0 Å². The predicted octanol–water partition coefficient (Wildman–Crippen LogP) is 3.37. The van der Waals surface area contributed by atoms with E-state index in [1.54, 1.807) is 0 Å². The van der Waals surface area contributed by atoms with Gasteiger partial charge in [0.25, 0.3) is 5.91 Å². The smallest absolute Gasteiger partial charge is 0.258 e. The summed E-state index contributed by atoms with van der Waals surface area (Å²) in [6, 6.07) is 16.7. The van der Waals surface area contributed by atoms with Crippen molar-refractivity contribution in [3.05, 3.63) is 66.0 Å². The molecule has 1 heterocycles. The lowest BCUT2D eigenvalue weighted by molar-refractivity contribution is -0.124. The molecule has 0 unspecified atom stereocenters. The van der Waals surface area contributed by atoms with Crippen molar-refractivity contribution in [3.8, 4) is 5.75 Å². The standard InChI is InChI=1S/C21H25FN2O2/c1-16-13-19(11-12-24(16)14-17-5-3-2-4-6-17)23-21(25)15-26-20-9-7-18(22)8-10-20/h2-10,16,19H,11-15H2,1H3,(H,23,25)/t16-,19-/m1/s1. The summed E-state index contributed by atoms with van der Waals surface area (Å²) in [7, 11) is 0. The molecule has 2 aromatic carbocycles. The van der Waals surface area contributed by atoms with E-state index in [2.05, 4.69) is 41.4 Å². The average Bonchev–Trinajstić information content (AvgIpc) is 2.64. The Labute approximate surface area is 154 Å². The second-order valence-corrected chi connectivity index (χ2v) is 6.84. The van der Waals surface area contributed by atoms with Gasteiger partial charge < -0.3 is 10.1 Å². The monoisotopic (exact) mass is 356 g/mol. The highest BCUT2D eigenvalue weighted by Gasteiger charge is 2.26. The molecule has 0 spiro atoms. The summed E-state index contributed by atoms with van der Waals surface area (Å²) >= 11 is 0. The third kappa shape index (κ3) is 5.30. The van der Waals surface area contributed by atoms with Crippen molar-refractivity contribution in [3.63, 3.8) is 0 Å². The number of ether oxygens (including phenoxy) is 1. The van der Waals surface area contributed by atoms with Crippen LogP contribution in [0.15, 0.2) is 54.6 Å². The Kier molecular flexibility index (Phi) is 6.23. The third-order valence-electron chi connectivity index (χ3n) is 4.79. The zero-order valence-electron chi connectivity index (χ0n) is 15.0. The highest BCUT2D eigenvalue weighted by Crippen LogP contribution is 2.20. The molecule has 1 amide bonds. The van der Waals surface area contributed by atoms with Crippen LogP contribution in [0.3, 0.4) is 0 Å². The molecule has 2 aromatic rings. The van der Waals surface area contributed by atoms with Crippen molar-refractivity contribution in [2.45, 2.75) is 38.4 Å². The number of halogens is 1. The summed E-state index contributed by atoms with van der Waals surface area (Å²) in [6.45, 7) is 4.05. The lowest BCUT2D eigenvalue weighted by Gasteiger charge is -2.38. The maximum absolute atomic E-state index is 12.9. The van der Waals surface area contributed by atoms with Crippen molar-refractivity contribution in [2.75, 3.05) is 13.2 Å². The summed E-state index contributed by atoms with van der Waals surface area (Å²) < 4.78 is 18.3. The topological polar surface area (TPSA) is 41.6 Å². The fraction of sp³-hybridized carbons (Fsp3) is 0.381. The molecule has 0 saturated carbocycles. The highest BCUT2D eigenvalue weighted by molar-refractivity contribution is 5.77. The Balaban J connectivity index is 1.42. The molecule has 0 aliphatic carbocycles. The number of piperidine rings is 1. The molecular weight excluding hydrogens is 331 g/mol. The van der Waals surface area contributed by atoms with Crippen LogP contribution in [0.2, 0.25) is 0 Å². The van der Waals surface area contributed by atoms with Crippen molar-refractivity contribution in [2.24, 2.45) is 0 Å². The number of carbonyl (C=O) groups is 1. The fourth-order valence-corrected chi connectivity index (χ4v) is 3.35. The molecule has 1 aliphatic heterocycles. The van der Waals surface area contributed by atoms with Crippen LogP contribution in [0, 0.1) is 5.82 Å². The zero-order chi connectivity index (χ0) is 18.4. The van der Waals surface area contributed by atoms with E-state index in [0.717, 1.165) is 25.9 Å². The van der Waals surface area contributed by atoms with E-state index in [9.17, 15) is 9.18 Å². The molecule has 26 heavy (non-hydrogen) atoms. The lowest BCUT2D eigenvalue weighted by Crippen LogP contribution is -2.49. The Bertz CT molecular complexity index is 706. The number of hydrogen-bond donors (Lipinski definition) is 1. The van der Waals surface area contributed by atoms with Crippen molar-refractivity contribution >= 4 is 5.91 Å². The quantitative estimate of drug-likeness (QED) is 0.863. The Morgan fingerprint density at radius 1 is 1.19 bits per heavy atom. The Morgan fingerprint density at radius 2 is 1.92 bits per heavy atom. The summed E-state index contributed by atoms with van der Waals surface area (Å²) in [6.07, 6.45) is 1.86. The largest absolute Gasteiger partial charge is 0.484 e. The van der Waals surface area contributed by atoms with E-state index in [1.807, 2.05) is 6.07 Å². The maximum Gasteiger partial charge on any atom is 0.258 e. The Hall–Kier alpha value is -2.40. The van der Waals surface area contributed by atoms with E-state index in [1.165, 1.54) is 29.8 Å². The number of carbonyl (C=O) groups excluding carboxylic acids is 1. The highest BCUT2D eigenvalue weighted by atomic mass is 19.1. The van der Waals surface area contributed by atoms with Gasteiger partial charge in [0, 0.05) is 25.2 Å². The number of likely N-dealkylation sites (tertiary alicyclic amines) is 1. The maximum atomic E-state index is 12.9. The zero-order valence-corrected chi connectivity index (χ0v) is 15.0. The van der Waals surface area contributed by atoms with Gasteiger partial charge in [0.1, 0.15) is 11.6 Å².